The molecule has 6 N–H and O–H groups in total. The summed E-state index contributed by atoms with van der Waals surface area (Å²) in [7, 11) is 0. The molecule has 1 heterocycles. The summed E-state index contributed by atoms with van der Waals surface area (Å²) in [4.78, 5) is 15.7. The van der Waals surface area contributed by atoms with Crippen molar-refractivity contribution in [1.82, 2.24) is 4.98 Å². The van der Waals surface area contributed by atoms with Crippen molar-refractivity contribution in [2.24, 2.45) is 11.5 Å². The number of aromatic nitrogens is 1. The van der Waals surface area contributed by atoms with Crippen molar-refractivity contribution >= 4 is 86.0 Å². The van der Waals surface area contributed by atoms with Crippen LogP contribution in [0.15, 0.2) is 36.4 Å². The molecule has 170 valence electrons. The molecule has 0 amide bonds. The molecule has 0 bridgehead atoms. The fourth-order valence-corrected chi connectivity index (χ4v) is 3.34. The molecule has 3 rings (SSSR count). The Morgan fingerprint density at radius 2 is 1.55 bits per heavy atom. The van der Waals surface area contributed by atoms with E-state index in [1.54, 1.807) is 30.3 Å². The summed E-state index contributed by atoms with van der Waals surface area (Å²) in [6, 6.07) is 13.5. The maximum absolute atomic E-state index is 11.2. The van der Waals surface area contributed by atoms with Crippen molar-refractivity contribution in [3.63, 3.8) is 0 Å². The van der Waals surface area contributed by atoms with Crippen LogP contribution in [0.1, 0.15) is 21.7 Å². The van der Waals surface area contributed by atoms with Crippen LogP contribution < -0.4 is 17.2 Å². The van der Waals surface area contributed by atoms with Crippen LogP contribution in [0.3, 0.4) is 0 Å². The van der Waals surface area contributed by atoms with Gasteiger partial charge < -0.3 is 17.2 Å². The van der Waals surface area contributed by atoms with E-state index < -0.39 is 0 Å². The van der Waals surface area contributed by atoms with Crippen LogP contribution in [0.25, 0.3) is 11.3 Å². The zero-order valence-corrected chi connectivity index (χ0v) is 21.1. The molecule has 0 aliphatic heterocycles. The average Bonchev–Trinajstić information content (AvgIpc) is 3.13. The van der Waals surface area contributed by atoms with Crippen molar-refractivity contribution in [1.29, 1.82) is 10.5 Å². The lowest BCUT2D eigenvalue weighted by Gasteiger charge is -2.00. The predicted molar refractivity (Wildman–Crippen MR) is 139 cm³/mol. The van der Waals surface area contributed by atoms with Gasteiger partial charge in [0.2, 0.25) is 0 Å². The highest BCUT2D eigenvalue weighted by Crippen LogP contribution is 2.32. The number of Topliss-reactive ketones (excluding diaryl/α,β-unsaturated/α-hetero) is 1. The topological polar surface area (TPSA) is 156 Å². The number of thiocarbonyl (C=S) groups is 1. The normalized spacial score (nSPS) is 9.27. The second-order valence-corrected chi connectivity index (χ2v) is 8.89. The molecule has 0 unspecified atom stereocenters. The first-order valence-corrected chi connectivity index (χ1v) is 11.3. The Hall–Kier alpha value is -2.63. The number of rotatable bonds is 3. The zero-order chi connectivity index (χ0) is 25.1. The minimum absolute atomic E-state index is 0.000000000000000222. The Morgan fingerprint density at radius 3 is 2.03 bits per heavy atom. The average molecular weight is 560 g/mol. The third-order valence-electron chi connectivity index (χ3n) is 3.42. The highest BCUT2D eigenvalue weighted by atomic mass is 35.5. The molecule has 0 fully saturated rings. The number of hydrogen-bond acceptors (Lipinski definition) is 7. The monoisotopic (exact) mass is 558 g/mol. The van der Waals surface area contributed by atoms with Gasteiger partial charge in [-0.1, -0.05) is 63.8 Å². The van der Waals surface area contributed by atoms with Crippen molar-refractivity contribution < 1.29 is 4.79 Å². The number of thiazole rings is 1. The highest BCUT2D eigenvalue weighted by Gasteiger charge is 2.12. The van der Waals surface area contributed by atoms with Gasteiger partial charge in [0, 0.05) is 11.1 Å². The third kappa shape index (κ3) is 9.40. The number of ketones is 1. The summed E-state index contributed by atoms with van der Waals surface area (Å²) in [5, 5.41) is 19.2. The molecular formula is C20H14Cl4N6OS2. The van der Waals surface area contributed by atoms with Gasteiger partial charge in [-0.2, -0.15) is 10.5 Å². The minimum Gasteiger partial charge on any atom is -0.377 e. The fourth-order valence-electron chi connectivity index (χ4n) is 2.09. The van der Waals surface area contributed by atoms with E-state index in [1.807, 2.05) is 6.07 Å². The lowest BCUT2D eigenvalue weighted by atomic mass is 10.1. The van der Waals surface area contributed by atoms with Crippen LogP contribution in [0.2, 0.25) is 20.1 Å². The van der Waals surface area contributed by atoms with Crippen LogP contribution in [-0.4, -0.2) is 15.9 Å². The van der Waals surface area contributed by atoms with Crippen molar-refractivity contribution in [2.45, 2.75) is 6.42 Å². The molecule has 1 aromatic heterocycles. The Labute approximate surface area is 219 Å². The van der Waals surface area contributed by atoms with Crippen LogP contribution in [0.5, 0.6) is 0 Å². The molecule has 7 nitrogen and oxygen atoms in total. The second kappa shape index (κ2) is 13.8. The molecule has 13 heteroatoms. The standard InChI is InChI=1S/C10H5Cl2N3S.C9H5Cl2NO.CH4N2S/c11-6-2-1-5(3-7(6)12)9-8(4-13)16-10(14)15-9;10-7-2-1-6(5-8(7)11)9(13)3-4-12;2-1(3)4/h1-3H,(H2,14,15);1-2,5H,3H2;(H4,2,3,4). The maximum atomic E-state index is 11.2. The fraction of sp³-hybridized carbons (Fsp3) is 0.0500. The minimum atomic E-state index is -0.249. The van der Waals surface area contributed by atoms with E-state index in [0.29, 0.717) is 41.4 Å². The Kier molecular flexibility index (Phi) is 11.9. The van der Waals surface area contributed by atoms with E-state index in [-0.39, 0.29) is 17.3 Å². The number of nitrogens with two attached hydrogens (primary N) is 3. The van der Waals surface area contributed by atoms with Gasteiger partial charge in [-0.15, -0.1) is 0 Å². The summed E-state index contributed by atoms with van der Waals surface area (Å²) in [5.41, 5.74) is 16.5. The third-order valence-corrected chi connectivity index (χ3v) is 5.69. The zero-order valence-electron chi connectivity index (χ0n) is 16.5. The Balaban J connectivity index is 0.000000289. The molecule has 0 aliphatic rings. The van der Waals surface area contributed by atoms with E-state index in [2.05, 4.69) is 28.7 Å². The van der Waals surface area contributed by atoms with Gasteiger partial charge in [-0.25, -0.2) is 4.98 Å². The Bertz CT molecular complexity index is 1250. The van der Waals surface area contributed by atoms with E-state index in [4.69, 9.17) is 62.7 Å². The van der Waals surface area contributed by atoms with Gasteiger partial charge in [0.1, 0.15) is 16.6 Å². The largest absolute Gasteiger partial charge is 0.377 e. The summed E-state index contributed by atoms with van der Waals surface area (Å²) < 4.78 is 0. The van der Waals surface area contributed by atoms with Gasteiger partial charge in [-0.05, 0) is 42.5 Å². The number of nitrogen functional groups attached to an aromatic ring is 1. The van der Waals surface area contributed by atoms with Crippen molar-refractivity contribution in [2.75, 3.05) is 5.73 Å². The molecule has 0 aliphatic carbocycles. The van der Waals surface area contributed by atoms with E-state index in [9.17, 15) is 4.79 Å². The van der Waals surface area contributed by atoms with Crippen molar-refractivity contribution in [3.05, 3.63) is 66.9 Å². The number of nitrogens with zero attached hydrogens (tertiary/aromatic N) is 3. The second-order valence-electron chi connectivity index (χ2n) is 5.76. The van der Waals surface area contributed by atoms with Crippen LogP contribution >= 0.6 is 70.0 Å². The van der Waals surface area contributed by atoms with Gasteiger partial charge in [0.25, 0.3) is 0 Å². The summed E-state index contributed by atoms with van der Waals surface area (Å²) in [6.45, 7) is 0. The van der Waals surface area contributed by atoms with Gasteiger partial charge in [-0.3, -0.25) is 4.79 Å². The summed E-state index contributed by atoms with van der Waals surface area (Å²) in [6.07, 6.45) is -0.141. The maximum Gasteiger partial charge on any atom is 0.181 e. The molecular weight excluding hydrogens is 546 g/mol. The molecule has 2 aromatic carbocycles. The lowest BCUT2D eigenvalue weighted by Crippen LogP contribution is -2.18. The first kappa shape index (κ1) is 28.4. The molecule has 33 heavy (non-hydrogen) atoms. The number of halogens is 4. The first-order chi connectivity index (χ1) is 15.5. The lowest BCUT2D eigenvalue weighted by molar-refractivity contribution is 0.0997. The molecule has 0 saturated carbocycles. The number of benzene rings is 2. The number of anilines is 1. The first-order valence-electron chi connectivity index (χ1n) is 8.52. The number of carbonyl (C=O) groups excluding carboxylic acids is 1. The van der Waals surface area contributed by atoms with E-state index in [1.165, 1.54) is 12.1 Å². The Morgan fingerprint density at radius 1 is 1.00 bits per heavy atom. The van der Waals surface area contributed by atoms with Crippen LogP contribution in [0, 0.1) is 22.7 Å². The summed E-state index contributed by atoms with van der Waals surface area (Å²) >= 11 is 28.3. The van der Waals surface area contributed by atoms with Crippen molar-refractivity contribution in [3.8, 4) is 23.4 Å². The quantitative estimate of drug-likeness (QED) is 0.266. The molecule has 0 spiro atoms. The van der Waals surface area contributed by atoms with Crippen LogP contribution in [-0.2, 0) is 0 Å². The predicted octanol–water partition coefficient (Wildman–Crippen LogP) is 5.85. The molecule has 0 saturated heterocycles. The molecule has 0 atom stereocenters. The highest BCUT2D eigenvalue weighted by molar-refractivity contribution is 7.80. The molecule has 3 aromatic rings. The van der Waals surface area contributed by atoms with Crippen LogP contribution in [0.4, 0.5) is 5.13 Å². The van der Waals surface area contributed by atoms with E-state index >= 15 is 0 Å². The number of hydrogen-bond donors (Lipinski definition) is 3. The molecule has 0 radical (unpaired) electrons. The number of nitriles is 2. The van der Waals surface area contributed by atoms with Gasteiger partial charge >= 0.3 is 0 Å². The van der Waals surface area contributed by atoms with E-state index in [0.717, 1.165) is 16.9 Å². The summed E-state index contributed by atoms with van der Waals surface area (Å²) in [5.74, 6) is -0.249. The van der Waals surface area contributed by atoms with Gasteiger partial charge in [0.15, 0.2) is 16.0 Å². The number of carbonyl (C=O) groups is 1. The SMILES string of the molecule is N#CCC(=O)c1ccc(Cl)c(Cl)c1.N#Cc1sc(N)nc1-c1ccc(Cl)c(Cl)c1.NC(N)=S. The van der Waals surface area contributed by atoms with Gasteiger partial charge in [0.05, 0.1) is 32.6 Å². The smallest absolute Gasteiger partial charge is 0.181 e.